The van der Waals surface area contributed by atoms with Crippen LogP contribution < -0.4 is 10.1 Å². The molecule has 0 saturated carbocycles. The number of rotatable bonds is 7. The fourth-order valence-electron chi connectivity index (χ4n) is 4.43. The molecule has 0 radical (unpaired) electrons. The van der Waals surface area contributed by atoms with Crippen molar-refractivity contribution in [3.63, 3.8) is 0 Å². The van der Waals surface area contributed by atoms with E-state index in [0.717, 1.165) is 49.4 Å². The van der Waals surface area contributed by atoms with E-state index in [0.29, 0.717) is 17.9 Å². The van der Waals surface area contributed by atoms with Gasteiger partial charge in [0.1, 0.15) is 11.6 Å². The van der Waals surface area contributed by atoms with Crippen molar-refractivity contribution >= 4 is 5.91 Å². The number of hydrogen-bond acceptors (Lipinski definition) is 5. The standard InChI is InChI=1S/C27H32N4O2/c1-19-8-4-5-9-22(19)18-31-15-7-6-10-25(31)26-24(17-28-20(2)30-26)27(32)29-16-21-11-13-23(33-3)14-12-21/h4-5,8-9,11-14,17,25H,6-7,10,15-16,18H2,1-3H3,(H,29,32). The van der Waals surface area contributed by atoms with Gasteiger partial charge in [0, 0.05) is 19.3 Å². The second kappa shape index (κ2) is 10.6. The zero-order valence-electron chi connectivity index (χ0n) is 19.7. The van der Waals surface area contributed by atoms with E-state index in [2.05, 4.69) is 46.4 Å². The Balaban J connectivity index is 1.55. The van der Waals surface area contributed by atoms with Gasteiger partial charge in [-0.3, -0.25) is 9.69 Å². The number of methoxy groups -OCH3 is 1. The third-order valence-electron chi connectivity index (χ3n) is 6.36. The minimum Gasteiger partial charge on any atom is -0.497 e. The van der Waals surface area contributed by atoms with Gasteiger partial charge in [0.05, 0.1) is 24.4 Å². The molecule has 0 bridgehead atoms. The Labute approximate surface area is 196 Å². The highest BCUT2D eigenvalue weighted by Gasteiger charge is 2.29. The molecule has 4 rings (SSSR count). The van der Waals surface area contributed by atoms with Crippen LogP contribution in [-0.2, 0) is 13.1 Å². The van der Waals surface area contributed by atoms with Crippen molar-refractivity contribution in [2.24, 2.45) is 0 Å². The summed E-state index contributed by atoms with van der Waals surface area (Å²) in [5.41, 5.74) is 5.02. The largest absolute Gasteiger partial charge is 0.497 e. The highest BCUT2D eigenvalue weighted by molar-refractivity contribution is 5.95. The van der Waals surface area contributed by atoms with E-state index in [1.165, 1.54) is 11.1 Å². The number of carbonyl (C=O) groups is 1. The van der Waals surface area contributed by atoms with Gasteiger partial charge < -0.3 is 10.1 Å². The van der Waals surface area contributed by atoms with Crippen LogP contribution in [0.4, 0.5) is 0 Å². The molecule has 1 N–H and O–H groups in total. The number of aromatic nitrogens is 2. The van der Waals surface area contributed by atoms with Gasteiger partial charge >= 0.3 is 0 Å². The summed E-state index contributed by atoms with van der Waals surface area (Å²) >= 11 is 0. The number of hydrogen-bond donors (Lipinski definition) is 1. The molecule has 33 heavy (non-hydrogen) atoms. The lowest BCUT2D eigenvalue weighted by atomic mass is 9.95. The number of nitrogens with zero attached hydrogens (tertiary/aromatic N) is 3. The molecule has 1 amide bonds. The second-order valence-corrected chi connectivity index (χ2v) is 8.66. The van der Waals surface area contributed by atoms with Crippen LogP contribution in [-0.4, -0.2) is 34.4 Å². The molecule has 1 aromatic heterocycles. The van der Waals surface area contributed by atoms with E-state index >= 15 is 0 Å². The highest BCUT2D eigenvalue weighted by Crippen LogP contribution is 2.33. The first-order chi connectivity index (χ1) is 16.0. The van der Waals surface area contributed by atoms with E-state index < -0.39 is 0 Å². The molecule has 2 heterocycles. The maximum absolute atomic E-state index is 13.2. The fraction of sp³-hybridized carbons (Fsp3) is 0.370. The minimum atomic E-state index is -0.137. The lowest BCUT2D eigenvalue weighted by Gasteiger charge is -2.36. The number of nitrogens with one attached hydrogen (secondary N) is 1. The summed E-state index contributed by atoms with van der Waals surface area (Å²) in [4.78, 5) is 24.8. The molecule has 1 aliphatic heterocycles. The van der Waals surface area contributed by atoms with E-state index in [1.54, 1.807) is 13.3 Å². The van der Waals surface area contributed by atoms with E-state index in [1.807, 2.05) is 31.2 Å². The number of likely N-dealkylation sites (tertiary alicyclic amines) is 1. The number of ether oxygens (including phenoxy) is 1. The van der Waals surface area contributed by atoms with Gasteiger partial charge in [-0.15, -0.1) is 0 Å². The third kappa shape index (κ3) is 5.57. The molecule has 2 aromatic carbocycles. The molecule has 6 heteroatoms. The van der Waals surface area contributed by atoms with Crippen molar-refractivity contribution in [1.82, 2.24) is 20.2 Å². The molecule has 0 aliphatic carbocycles. The Kier molecular flexibility index (Phi) is 7.35. The van der Waals surface area contributed by atoms with Gasteiger partial charge in [-0.05, 0) is 62.1 Å². The maximum atomic E-state index is 13.2. The van der Waals surface area contributed by atoms with E-state index in [9.17, 15) is 4.79 Å². The Hall–Kier alpha value is -3.25. The van der Waals surface area contributed by atoms with Gasteiger partial charge in [-0.25, -0.2) is 9.97 Å². The third-order valence-corrected chi connectivity index (χ3v) is 6.36. The van der Waals surface area contributed by atoms with Crippen LogP contribution in [0.25, 0.3) is 0 Å². The summed E-state index contributed by atoms with van der Waals surface area (Å²) in [5.74, 6) is 1.35. The van der Waals surface area contributed by atoms with E-state index in [-0.39, 0.29) is 11.9 Å². The van der Waals surface area contributed by atoms with Gasteiger partial charge in [-0.1, -0.05) is 42.8 Å². The average Bonchev–Trinajstić information content (AvgIpc) is 2.84. The van der Waals surface area contributed by atoms with Crippen LogP contribution in [0, 0.1) is 13.8 Å². The molecule has 172 valence electrons. The molecule has 3 aromatic rings. The van der Waals surface area contributed by atoms with Crippen molar-refractivity contribution < 1.29 is 9.53 Å². The molecular weight excluding hydrogens is 412 g/mol. The van der Waals surface area contributed by atoms with Gasteiger partial charge in [0.2, 0.25) is 0 Å². The van der Waals surface area contributed by atoms with Gasteiger partial charge in [-0.2, -0.15) is 0 Å². The molecule has 1 saturated heterocycles. The van der Waals surface area contributed by atoms with Crippen molar-refractivity contribution in [2.75, 3.05) is 13.7 Å². The Bertz CT molecular complexity index is 1100. The molecule has 1 atom stereocenters. The molecule has 6 nitrogen and oxygen atoms in total. The molecular formula is C27H32N4O2. The molecule has 0 spiro atoms. The Morgan fingerprint density at radius 1 is 1.12 bits per heavy atom. The number of amides is 1. The average molecular weight is 445 g/mol. The topological polar surface area (TPSA) is 67.3 Å². The lowest BCUT2D eigenvalue weighted by Crippen LogP contribution is -2.36. The highest BCUT2D eigenvalue weighted by atomic mass is 16.5. The monoisotopic (exact) mass is 444 g/mol. The van der Waals surface area contributed by atoms with Crippen LogP contribution in [0.5, 0.6) is 5.75 Å². The Morgan fingerprint density at radius 2 is 1.91 bits per heavy atom. The van der Waals surface area contributed by atoms with Crippen molar-refractivity contribution in [2.45, 2.75) is 52.2 Å². The SMILES string of the molecule is COc1ccc(CNC(=O)c2cnc(C)nc2C2CCCCN2Cc2ccccc2C)cc1. The van der Waals surface area contributed by atoms with Crippen LogP contribution >= 0.6 is 0 Å². The number of piperidine rings is 1. The Morgan fingerprint density at radius 3 is 2.67 bits per heavy atom. The maximum Gasteiger partial charge on any atom is 0.255 e. The fourth-order valence-corrected chi connectivity index (χ4v) is 4.43. The normalized spacial score (nSPS) is 16.4. The first-order valence-electron chi connectivity index (χ1n) is 11.6. The number of carbonyl (C=O) groups excluding carboxylic acids is 1. The van der Waals surface area contributed by atoms with Gasteiger partial charge in [0.25, 0.3) is 5.91 Å². The van der Waals surface area contributed by atoms with Crippen molar-refractivity contribution in [1.29, 1.82) is 0 Å². The summed E-state index contributed by atoms with van der Waals surface area (Å²) in [5, 5.41) is 3.05. The van der Waals surface area contributed by atoms with Gasteiger partial charge in [0.15, 0.2) is 0 Å². The molecule has 1 aliphatic rings. The summed E-state index contributed by atoms with van der Waals surface area (Å²) in [6, 6.07) is 16.3. The summed E-state index contributed by atoms with van der Waals surface area (Å²) < 4.78 is 5.21. The summed E-state index contributed by atoms with van der Waals surface area (Å²) in [6.07, 6.45) is 4.96. The van der Waals surface area contributed by atoms with E-state index in [4.69, 9.17) is 9.72 Å². The van der Waals surface area contributed by atoms with Crippen LogP contribution in [0.1, 0.15) is 63.9 Å². The van der Waals surface area contributed by atoms with Crippen molar-refractivity contribution in [3.05, 3.63) is 88.5 Å². The predicted molar refractivity (Wildman–Crippen MR) is 129 cm³/mol. The lowest BCUT2D eigenvalue weighted by molar-refractivity contribution is 0.0938. The predicted octanol–water partition coefficient (Wildman–Crippen LogP) is 4.76. The molecule has 1 fully saturated rings. The zero-order chi connectivity index (χ0) is 23.2. The van der Waals surface area contributed by atoms with Crippen LogP contribution in [0.2, 0.25) is 0 Å². The summed E-state index contributed by atoms with van der Waals surface area (Å²) in [7, 11) is 1.64. The quantitative estimate of drug-likeness (QED) is 0.569. The van der Waals surface area contributed by atoms with Crippen LogP contribution in [0.3, 0.4) is 0 Å². The second-order valence-electron chi connectivity index (χ2n) is 8.66. The number of aryl methyl sites for hydroxylation is 2. The van der Waals surface area contributed by atoms with Crippen molar-refractivity contribution in [3.8, 4) is 5.75 Å². The minimum absolute atomic E-state index is 0.0989. The summed E-state index contributed by atoms with van der Waals surface area (Å²) in [6.45, 7) is 6.33. The van der Waals surface area contributed by atoms with Crippen LogP contribution in [0.15, 0.2) is 54.7 Å². The smallest absolute Gasteiger partial charge is 0.255 e. The molecule has 1 unspecified atom stereocenters. The number of benzene rings is 2. The first kappa shape index (κ1) is 22.9. The first-order valence-corrected chi connectivity index (χ1v) is 11.6. The zero-order valence-corrected chi connectivity index (χ0v) is 19.7.